The maximum atomic E-state index is 11.6. The molecule has 2 aliphatic carbocycles. The lowest BCUT2D eigenvalue weighted by Crippen LogP contribution is -2.26. The number of carbonyl (C=O) groups excluding carboxylic acids is 1. The maximum Gasteiger partial charge on any atom is 0.311 e. The lowest BCUT2D eigenvalue weighted by molar-refractivity contribution is -0.168. The predicted molar refractivity (Wildman–Crippen MR) is 65.3 cm³/mol. The van der Waals surface area contributed by atoms with E-state index in [9.17, 15) is 4.79 Å². The topological polar surface area (TPSA) is 35.5 Å². The highest BCUT2D eigenvalue weighted by molar-refractivity contribution is 5.72. The van der Waals surface area contributed by atoms with Crippen LogP contribution < -0.4 is 0 Å². The van der Waals surface area contributed by atoms with E-state index in [-0.39, 0.29) is 24.8 Å². The third kappa shape index (κ3) is 2.89. The first-order valence-corrected chi connectivity index (χ1v) is 6.55. The summed E-state index contributed by atoms with van der Waals surface area (Å²) in [6.45, 7) is 6.05. The molecular formula is C14H22O3. The van der Waals surface area contributed by atoms with Gasteiger partial charge in [0, 0.05) is 5.92 Å². The zero-order chi connectivity index (χ0) is 12.4. The summed E-state index contributed by atoms with van der Waals surface area (Å²) >= 11 is 0. The van der Waals surface area contributed by atoms with Crippen LogP contribution in [-0.2, 0) is 14.3 Å². The number of carbonyl (C=O) groups is 1. The van der Waals surface area contributed by atoms with Gasteiger partial charge < -0.3 is 9.47 Å². The monoisotopic (exact) mass is 238 g/mol. The molecule has 0 amide bonds. The molecule has 0 aromatic carbocycles. The Hall–Kier alpha value is -0.830. The second kappa shape index (κ2) is 5.21. The molecule has 0 radical (unpaired) electrons. The smallest absolute Gasteiger partial charge is 0.311 e. The Balaban J connectivity index is 1.65. The van der Waals surface area contributed by atoms with Crippen LogP contribution in [0.1, 0.15) is 40.0 Å². The average molecular weight is 238 g/mol. The van der Waals surface area contributed by atoms with Gasteiger partial charge in [-0.2, -0.15) is 0 Å². The summed E-state index contributed by atoms with van der Waals surface area (Å²) in [5.41, 5.74) is 1.52. The molecule has 0 spiro atoms. The quantitative estimate of drug-likeness (QED) is 0.420. The Kier molecular flexibility index (Phi) is 3.87. The molecule has 0 aromatic rings. The zero-order valence-electron chi connectivity index (χ0n) is 10.9. The zero-order valence-corrected chi connectivity index (χ0v) is 10.9. The van der Waals surface area contributed by atoms with Gasteiger partial charge in [0.15, 0.2) is 6.79 Å². The fourth-order valence-electron chi connectivity index (χ4n) is 2.46. The second-order valence-electron chi connectivity index (χ2n) is 5.55. The number of rotatable bonds is 5. The summed E-state index contributed by atoms with van der Waals surface area (Å²) in [5, 5.41) is 0. The molecular weight excluding hydrogens is 216 g/mol. The largest absolute Gasteiger partial charge is 0.438 e. The van der Waals surface area contributed by atoms with E-state index in [0.29, 0.717) is 11.8 Å². The molecule has 17 heavy (non-hydrogen) atoms. The van der Waals surface area contributed by atoms with Crippen LogP contribution in [0.4, 0.5) is 0 Å². The van der Waals surface area contributed by atoms with Crippen molar-refractivity contribution < 1.29 is 14.3 Å². The molecule has 0 aliphatic heterocycles. The van der Waals surface area contributed by atoms with Crippen LogP contribution in [0.15, 0.2) is 11.6 Å². The first-order chi connectivity index (χ1) is 8.08. The van der Waals surface area contributed by atoms with Gasteiger partial charge in [0.25, 0.3) is 0 Å². The van der Waals surface area contributed by atoms with Crippen LogP contribution in [0.25, 0.3) is 0 Å². The molecule has 0 aromatic heterocycles. The van der Waals surface area contributed by atoms with Gasteiger partial charge in [-0.05, 0) is 25.2 Å². The molecule has 0 heterocycles. The molecule has 0 fully saturated rings. The van der Waals surface area contributed by atoms with Gasteiger partial charge in [0.2, 0.25) is 0 Å². The molecule has 2 aliphatic rings. The summed E-state index contributed by atoms with van der Waals surface area (Å²) in [7, 11) is 0. The van der Waals surface area contributed by atoms with Gasteiger partial charge >= 0.3 is 5.97 Å². The van der Waals surface area contributed by atoms with Crippen LogP contribution in [0.3, 0.4) is 0 Å². The molecule has 2 bridgehead atoms. The number of esters is 1. The van der Waals surface area contributed by atoms with Crippen molar-refractivity contribution in [3.63, 3.8) is 0 Å². The molecule has 3 nitrogen and oxygen atoms in total. The Labute approximate surface area is 103 Å². The van der Waals surface area contributed by atoms with Gasteiger partial charge in [-0.1, -0.05) is 32.4 Å². The van der Waals surface area contributed by atoms with E-state index in [4.69, 9.17) is 9.47 Å². The summed E-state index contributed by atoms with van der Waals surface area (Å²) < 4.78 is 10.8. The minimum Gasteiger partial charge on any atom is -0.438 e. The Bertz CT molecular complexity index is 319. The third-order valence-electron chi connectivity index (χ3n) is 4.04. The molecule has 2 rings (SSSR count). The molecule has 3 atom stereocenters. The Morgan fingerprint density at radius 3 is 2.76 bits per heavy atom. The standard InChI is InChI=1S/C14H22O3/c1-9(2)10(3)14(15)17-8-16-13-7-11-4-5-12(13)6-11/h6,9-10,12-13H,4-5,7-8H2,1-3H3. The first-order valence-electron chi connectivity index (χ1n) is 6.55. The molecule has 3 heteroatoms. The van der Waals surface area contributed by atoms with E-state index >= 15 is 0 Å². The first kappa shape index (κ1) is 12.6. The van der Waals surface area contributed by atoms with Crippen LogP contribution in [-0.4, -0.2) is 18.9 Å². The van der Waals surface area contributed by atoms with Crippen molar-refractivity contribution in [3.05, 3.63) is 11.6 Å². The van der Waals surface area contributed by atoms with E-state index in [1.807, 2.05) is 20.8 Å². The van der Waals surface area contributed by atoms with E-state index < -0.39 is 0 Å². The van der Waals surface area contributed by atoms with Crippen LogP contribution in [0.2, 0.25) is 0 Å². The van der Waals surface area contributed by atoms with E-state index in [1.165, 1.54) is 18.4 Å². The van der Waals surface area contributed by atoms with Crippen molar-refractivity contribution in [2.75, 3.05) is 6.79 Å². The van der Waals surface area contributed by atoms with Crippen molar-refractivity contribution in [2.24, 2.45) is 17.8 Å². The molecule has 3 unspecified atom stereocenters. The fraction of sp³-hybridized carbons (Fsp3) is 0.786. The summed E-state index contributed by atoms with van der Waals surface area (Å²) in [6, 6.07) is 0. The van der Waals surface area contributed by atoms with Gasteiger partial charge in [-0.15, -0.1) is 0 Å². The second-order valence-corrected chi connectivity index (χ2v) is 5.55. The minimum absolute atomic E-state index is 0.0560. The highest BCUT2D eigenvalue weighted by Gasteiger charge is 2.33. The van der Waals surface area contributed by atoms with Crippen molar-refractivity contribution in [1.29, 1.82) is 0 Å². The van der Waals surface area contributed by atoms with Crippen molar-refractivity contribution >= 4 is 5.97 Å². The van der Waals surface area contributed by atoms with Crippen molar-refractivity contribution in [2.45, 2.75) is 46.1 Å². The van der Waals surface area contributed by atoms with Crippen LogP contribution >= 0.6 is 0 Å². The normalized spacial score (nSPS) is 28.4. The number of hydrogen-bond donors (Lipinski definition) is 0. The van der Waals surface area contributed by atoms with Crippen molar-refractivity contribution in [3.8, 4) is 0 Å². The summed E-state index contributed by atoms with van der Waals surface area (Å²) in [6.07, 6.45) is 6.04. The Morgan fingerprint density at radius 1 is 1.47 bits per heavy atom. The third-order valence-corrected chi connectivity index (χ3v) is 4.04. The van der Waals surface area contributed by atoms with Crippen LogP contribution in [0.5, 0.6) is 0 Å². The minimum atomic E-state index is -0.153. The van der Waals surface area contributed by atoms with Crippen LogP contribution in [0, 0.1) is 17.8 Å². The van der Waals surface area contributed by atoms with Gasteiger partial charge in [-0.25, -0.2) is 0 Å². The Morgan fingerprint density at radius 2 is 2.24 bits per heavy atom. The van der Waals surface area contributed by atoms with Gasteiger partial charge in [0.1, 0.15) is 0 Å². The highest BCUT2D eigenvalue weighted by Crippen LogP contribution is 2.40. The van der Waals surface area contributed by atoms with E-state index in [1.54, 1.807) is 0 Å². The number of fused-ring (bicyclic) bond motifs is 1. The SMILES string of the molecule is CC(C)C(C)C(=O)OCOC1CC2=CC1CC2. The lowest BCUT2D eigenvalue weighted by atomic mass is 9.96. The average Bonchev–Trinajstić information content (AvgIpc) is 2.89. The van der Waals surface area contributed by atoms with Gasteiger partial charge in [-0.3, -0.25) is 4.79 Å². The predicted octanol–water partition coefficient (Wildman–Crippen LogP) is 2.90. The number of hydrogen-bond acceptors (Lipinski definition) is 3. The molecule has 96 valence electrons. The van der Waals surface area contributed by atoms with E-state index in [2.05, 4.69) is 6.08 Å². The highest BCUT2D eigenvalue weighted by atomic mass is 16.7. The van der Waals surface area contributed by atoms with Crippen molar-refractivity contribution in [1.82, 2.24) is 0 Å². The molecule has 0 saturated heterocycles. The van der Waals surface area contributed by atoms with E-state index in [0.717, 1.165) is 6.42 Å². The maximum absolute atomic E-state index is 11.6. The lowest BCUT2D eigenvalue weighted by Gasteiger charge is -2.23. The fourth-order valence-corrected chi connectivity index (χ4v) is 2.46. The molecule has 0 saturated carbocycles. The summed E-state index contributed by atoms with van der Waals surface area (Å²) in [4.78, 5) is 11.6. The summed E-state index contributed by atoms with van der Waals surface area (Å²) in [5.74, 6) is 0.666. The van der Waals surface area contributed by atoms with Gasteiger partial charge in [0.05, 0.1) is 12.0 Å². The number of ether oxygens (including phenoxy) is 2. The molecule has 0 N–H and O–H groups in total.